The van der Waals surface area contributed by atoms with E-state index in [1.165, 1.54) is 11.8 Å². The molecule has 1 N–H and O–H groups in total. The van der Waals surface area contributed by atoms with Gasteiger partial charge in [0.15, 0.2) is 5.16 Å². The van der Waals surface area contributed by atoms with Crippen LogP contribution in [0.4, 0.5) is 5.69 Å². The molecule has 2 aromatic carbocycles. The molecule has 0 unspecified atom stereocenters. The van der Waals surface area contributed by atoms with Crippen LogP contribution < -0.4 is 15.6 Å². The smallest absolute Gasteiger partial charge is 0.262 e. The number of amides is 1. The van der Waals surface area contributed by atoms with Gasteiger partial charge in [-0.1, -0.05) is 30.8 Å². The number of ether oxygens (including phenoxy) is 1. The standard InChI is InChI=1S/C22H25N3O3S/c1-5-14(2)25-21(27)18-8-6-7-9-19(18)24-22(25)29-15(3)20(26)23-16-10-12-17(28-4)13-11-16/h6-15H,5H2,1-4H3,(H,23,26)/t14-,15-/m1/s1. The van der Waals surface area contributed by atoms with Gasteiger partial charge in [0, 0.05) is 11.7 Å². The van der Waals surface area contributed by atoms with Crippen LogP contribution in [0.5, 0.6) is 5.75 Å². The van der Waals surface area contributed by atoms with Crippen molar-refractivity contribution >= 4 is 34.3 Å². The van der Waals surface area contributed by atoms with Crippen molar-refractivity contribution in [3.8, 4) is 5.75 Å². The zero-order chi connectivity index (χ0) is 21.0. The number of thioether (sulfide) groups is 1. The Labute approximate surface area is 174 Å². The summed E-state index contributed by atoms with van der Waals surface area (Å²) in [6.45, 7) is 5.83. The number of nitrogens with zero attached hydrogens (tertiary/aromatic N) is 2. The van der Waals surface area contributed by atoms with Gasteiger partial charge in [0.05, 0.1) is 23.3 Å². The van der Waals surface area contributed by atoms with Crippen LogP contribution in [-0.2, 0) is 4.79 Å². The molecule has 3 rings (SSSR count). The summed E-state index contributed by atoms with van der Waals surface area (Å²) in [6.07, 6.45) is 0.792. The summed E-state index contributed by atoms with van der Waals surface area (Å²) >= 11 is 1.29. The molecule has 29 heavy (non-hydrogen) atoms. The molecule has 0 bridgehead atoms. The molecule has 0 saturated heterocycles. The summed E-state index contributed by atoms with van der Waals surface area (Å²) in [6, 6.07) is 14.5. The molecule has 3 aromatic rings. The maximum Gasteiger partial charge on any atom is 0.262 e. The first kappa shape index (κ1) is 20.9. The number of anilines is 1. The molecule has 0 aliphatic heterocycles. The van der Waals surface area contributed by atoms with Crippen molar-refractivity contribution in [2.24, 2.45) is 0 Å². The number of benzene rings is 2. The number of fused-ring (bicyclic) bond motifs is 1. The molecule has 0 fully saturated rings. The van der Waals surface area contributed by atoms with Crippen LogP contribution in [-0.4, -0.2) is 27.8 Å². The first-order valence-corrected chi connectivity index (χ1v) is 10.5. The van der Waals surface area contributed by atoms with Crippen LogP contribution in [0, 0.1) is 0 Å². The Morgan fingerprint density at radius 1 is 1.17 bits per heavy atom. The quantitative estimate of drug-likeness (QED) is 0.458. The molecule has 6 nitrogen and oxygen atoms in total. The van der Waals surface area contributed by atoms with Crippen molar-refractivity contribution in [2.45, 2.75) is 43.6 Å². The second kappa shape index (κ2) is 9.13. The van der Waals surface area contributed by atoms with Gasteiger partial charge in [-0.2, -0.15) is 0 Å². The molecule has 7 heteroatoms. The predicted molar refractivity (Wildman–Crippen MR) is 118 cm³/mol. The van der Waals surface area contributed by atoms with Crippen molar-refractivity contribution < 1.29 is 9.53 Å². The summed E-state index contributed by atoms with van der Waals surface area (Å²) in [5, 5.41) is 3.61. The Kier molecular flexibility index (Phi) is 6.59. The van der Waals surface area contributed by atoms with Crippen molar-refractivity contribution in [3.05, 3.63) is 58.9 Å². The zero-order valence-corrected chi connectivity index (χ0v) is 17.8. The topological polar surface area (TPSA) is 73.2 Å². The van der Waals surface area contributed by atoms with Crippen LogP contribution in [0.3, 0.4) is 0 Å². The second-order valence-corrected chi connectivity index (χ2v) is 8.13. The Morgan fingerprint density at radius 2 is 1.86 bits per heavy atom. The lowest BCUT2D eigenvalue weighted by Crippen LogP contribution is -2.28. The number of hydrogen-bond donors (Lipinski definition) is 1. The summed E-state index contributed by atoms with van der Waals surface area (Å²) in [5.41, 5.74) is 1.26. The highest BCUT2D eigenvalue weighted by Gasteiger charge is 2.21. The maximum absolute atomic E-state index is 13.0. The minimum absolute atomic E-state index is 0.0149. The number of carbonyl (C=O) groups excluding carboxylic acids is 1. The number of methoxy groups -OCH3 is 1. The number of rotatable bonds is 7. The molecular weight excluding hydrogens is 386 g/mol. The van der Waals surface area contributed by atoms with Gasteiger partial charge in [-0.15, -0.1) is 0 Å². The highest BCUT2D eigenvalue weighted by molar-refractivity contribution is 8.00. The van der Waals surface area contributed by atoms with Gasteiger partial charge in [0.25, 0.3) is 5.56 Å². The lowest BCUT2D eigenvalue weighted by molar-refractivity contribution is -0.115. The van der Waals surface area contributed by atoms with E-state index in [0.29, 0.717) is 21.7 Å². The van der Waals surface area contributed by atoms with Crippen molar-refractivity contribution in [2.75, 3.05) is 12.4 Å². The molecule has 152 valence electrons. The van der Waals surface area contributed by atoms with Crippen LogP contribution in [0.1, 0.15) is 33.2 Å². The molecule has 0 saturated carbocycles. The predicted octanol–water partition coefficient (Wildman–Crippen LogP) is 4.50. The Morgan fingerprint density at radius 3 is 2.52 bits per heavy atom. The number of nitrogens with one attached hydrogen (secondary N) is 1. The van der Waals surface area contributed by atoms with Crippen LogP contribution >= 0.6 is 11.8 Å². The highest BCUT2D eigenvalue weighted by Crippen LogP contribution is 2.27. The van der Waals surface area contributed by atoms with Gasteiger partial charge >= 0.3 is 0 Å². The van der Waals surface area contributed by atoms with E-state index >= 15 is 0 Å². The fourth-order valence-corrected chi connectivity index (χ4v) is 3.92. The van der Waals surface area contributed by atoms with E-state index in [0.717, 1.165) is 12.2 Å². The molecule has 1 aromatic heterocycles. The fraction of sp³-hybridized carbons (Fsp3) is 0.318. The van der Waals surface area contributed by atoms with Gasteiger partial charge in [-0.25, -0.2) is 4.98 Å². The van der Waals surface area contributed by atoms with Crippen molar-refractivity contribution in [3.63, 3.8) is 0 Å². The van der Waals surface area contributed by atoms with E-state index in [9.17, 15) is 9.59 Å². The summed E-state index contributed by atoms with van der Waals surface area (Å²) < 4.78 is 6.83. The van der Waals surface area contributed by atoms with Crippen LogP contribution in [0.15, 0.2) is 58.5 Å². The van der Waals surface area contributed by atoms with Crippen LogP contribution in [0.2, 0.25) is 0 Å². The van der Waals surface area contributed by atoms with Gasteiger partial charge < -0.3 is 10.1 Å². The highest BCUT2D eigenvalue weighted by atomic mass is 32.2. The number of aromatic nitrogens is 2. The molecule has 0 radical (unpaired) electrons. The van der Waals surface area contributed by atoms with E-state index in [1.807, 2.05) is 39.0 Å². The number of carbonyl (C=O) groups is 1. The van der Waals surface area contributed by atoms with Crippen molar-refractivity contribution in [1.29, 1.82) is 0 Å². The third kappa shape index (κ3) is 4.62. The lowest BCUT2D eigenvalue weighted by Gasteiger charge is -2.20. The van der Waals surface area contributed by atoms with Gasteiger partial charge in [-0.05, 0) is 56.7 Å². The average Bonchev–Trinajstić information content (AvgIpc) is 2.74. The lowest BCUT2D eigenvalue weighted by atomic mass is 10.2. The first-order valence-electron chi connectivity index (χ1n) is 9.57. The van der Waals surface area contributed by atoms with Gasteiger partial charge in [0.1, 0.15) is 5.75 Å². The Balaban J connectivity index is 1.87. The number of hydrogen-bond acceptors (Lipinski definition) is 5. The van der Waals surface area contributed by atoms with E-state index in [1.54, 1.807) is 42.0 Å². The van der Waals surface area contributed by atoms with Gasteiger partial charge in [-0.3, -0.25) is 14.2 Å². The molecule has 1 heterocycles. The average molecular weight is 412 g/mol. The minimum atomic E-state index is -0.430. The molecule has 1 amide bonds. The zero-order valence-electron chi connectivity index (χ0n) is 17.0. The largest absolute Gasteiger partial charge is 0.497 e. The molecule has 2 atom stereocenters. The van der Waals surface area contributed by atoms with Crippen molar-refractivity contribution in [1.82, 2.24) is 9.55 Å². The molecule has 0 aliphatic rings. The second-order valence-electron chi connectivity index (χ2n) is 6.82. The summed E-state index contributed by atoms with van der Waals surface area (Å²) in [5.74, 6) is 0.571. The minimum Gasteiger partial charge on any atom is -0.497 e. The summed E-state index contributed by atoms with van der Waals surface area (Å²) in [7, 11) is 1.60. The maximum atomic E-state index is 13.0. The molecule has 0 aliphatic carbocycles. The normalized spacial score (nSPS) is 13.1. The van der Waals surface area contributed by atoms with E-state index in [-0.39, 0.29) is 17.5 Å². The molecular formula is C22H25N3O3S. The first-order chi connectivity index (χ1) is 13.9. The van der Waals surface area contributed by atoms with E-state index in [2.05, 4.69) is 10.3 Å². The summed E-state index contributed by atoms with van der Waals surface area (Å²) in [4.78, 5) is 30.4. The SMILES string of the molecule is CC[C@@H](C)n1c(S[C@H](C)C(=O)Nc2ccc(OC)cc2)nc2ccccc2c1=O. The third-order valence-electron chi connectivity index (χ3n) is 4.82. The van der Waals surface area contributed by atoms with E-state index < -0.39 is 5.25 Å². The fourth-order valence-electron chi connectivity index (χ4n) is 2.91. The van der Waals surface area contributed by atoms with Gasteiger partial charge in [0.2, 0.25) is 5.91 Å². The number of para-hydroxylation sites is 1. The van der Waals surface area contributed by atoms with Crippen LogP contribution in [0.25, 0.3) is 10.9 Å². The Bertz CT molecular complexity index is 1060. The van der Waals surface area contributed by atoms with E-state index in [4.69, 9.17) is 4.74 Å². The third-order valence-corrected chi connectivity index (χ3v) is 5.88. The monoisotopic (exact) mass is 411 g/mol. The Hall–Kier alpha value is -2.80. The molecule has 0 spiro atoms.